The fourth-order valence-corrected chi connectivity index (χ4v) is 2.07. The quantitative estimate of drug-likeness (QED) is 0.881. The van der Waals surface area contributed by atoms with Crippen LogP contribution in [0.15, 0.2) is 42.5 Å². The first kappa shape index (κ1) is 14.7. The highest BCUT2D eigenvalue weighted by Gasteiger charge is 2.06. The summed E-state index contributed by atoms with van der Waals surface area (Å²) >= 11 is 11.9. The van der Waals surface area contributed by atoms with Crippen LogP contribution in [0, 0.1) is 6.92 Å². The number of hydrogen-bond donors (Lipinski definition) is 2. The van der Waals surface area contributed by atoms with Crippen molar-refractivity contribution in [3.8, 4) is 0 Å². The van der Waals surface area contributed by atoms with Crippen molar-refractivity contribution < 1.29 is 4.79 Å². The van der Waals surface area contributed by atoms with Gasteiger partial charge in [-0.2, -0.15) is 0 Å². The molecule has 1 amide bonds. The van der Waals surface area contributed by atoms with Crippen LogP contribution in [0.5, 0.6) is 0 Å². The zero-order valence-electron chi connectivity index (χ0n) is 10.9. The highest BCUT2D eigenvalue weighted by atomic mass is 35.5. The summed E-state index contributed by atoms with van der Waals surface area (Å²) in [6.07, 6.45) is 0. The molecule has 0 aliphatic carbocycles. The number of aryl methyl sites for hydroxylation is 1. The summed E-state index contributed by atoms with van der Waals surface area (Å²) in [5.41, 5.74) is 2.46. The predicted molar refractivity (Wildman–Crippen MR) is 84.8 cm³/mol. The molecule has 0 saturated carbocycles. The number of hydrogen-bond acceptors (Lipinski definition) is 2. The highest BCUT2D eigenvalue weighted by molar-refractivity contribution is 6.35. The summed E-state index contributed by atoms with van der Waals surface area (Å²) in [6, 6.07) is 12.7. The van der Waals surface area contributed by atoms with Crippen LogP contribution in [0.3, 0.4) is 0 Å². The average molecular weight is 309 g/mol. The minimum absolute atomic E-state index is 0.119. The number of nitrogens with one attached hydrogen (secondary N) is 2. The molecule has 0 fully saturated rings. The lowest BCUT2D eigenvalue weighted by Gasteiger charge is -2.10. The molecule has 5 heteroatoms. The molecule has 2 N–H and O–H groups in total. The monoisotopic (exact) mass is 308 g/mol. The van der Waals surface area contributed by atoms with Crippen molar-refractivity contribution in [3.05, 3.63) is 58.1 Å². The third-order valence-electron chi connectivity index (χ3n) is 2.79. The van der Waals surface area contributed by atoms with Gasteiger partial charge in [0.25, 0.3) is 0 Å². The van der Waals surface area contributed by atoms with Crippen molar-refractivity contribution in [2.75, 3.05) is 17.2 Å². The van der Waals surface area contributed by atoms with Crippen LogP contribution in [-0.2, 0) is 4.79 Å². The molecule has 2 rings (SSSR count). The molecule has 0 aromatic heterocycles. The normalized spacial score (nSPS) is 10.2. The van der Waals surface area contributed by atoms with Gasteiger partial charge in [-0.05, 0) is 36.8 Å². The van der Waals surface area contributed by atoms with E-state index < -0.39 is 0 Å². The zero-order valence-corrected chi connectivity index (χ0v) is 12.4. The summed E-state index contributed by atoms with van der Waals surface area (Å²) in [7, 11) is 0. The first-order chi connectivity index (χ1) is 9.56. The number of anilines is 2. The Balaban J connectivity index is 1.96. The Kier molecular flexibility index (Phi) is 4.88. The van der Waals surface area contributed by atoms with Crippen molar-refractivity contribution in [3.63, 3.8) is 0 Å². The fourth-order valence-electron chi connectivity index (χ4n) is 1.72. The largest absolute Gasteiger partial charge is 0.375 e. The zero-order chi connectivity index (χ0) is 14.5. The number of carbonyl (C=O) groups is 1. The SMILES string of the molecule is Cc1ccccc1NC(=O)CNc1cc(Cl)ccc1Cl. The molecular formula is C15H14Cl2N2O. The number of rotatable bonds is 4. The predicted octanol–water partition coefficient (Wildman–Crippen LogP) is 4.35. The van der Waals surface area contributed by atoms with E-state index in [2.05, 4.69) is 10.6 Å². The number of amides is 1. The highest BCUT2D eigenvalue weighted by Crippen LogP contribution is 2.25. The van der Waals surface area contributed by atoms with Crippen molar-refractivity contribution >= 4 is 40.5 Å². The molecule has 0 unspecified atom stereocenters. The molecule has 0 aliphatic heterocycles. The lowest BCUT2D eigenvalue weighted by molar-refractivity contribution is -0.114. The minimum Gasteiger partial charge on any atom is -0.375 e. The van der Waals surface area contributed by atoms with Crippen molar-refractivity contribution in [2.45, 2.75) is 6.92 Å². The maximum Gasteiger partial charge on any atom is 0.243 e. The average Bonchev–Trinajstić information content (AvgIpc) is 2.42. The molecule has 2 aromatic rings. The smallest absolute Gasteiger partial charge is 0.243 e. The second-order valence-corrected chi connectivity index (χ2v) is 5.18. The van der Waals surface area contributed by atoms with E-state index in [0.717, 1.165) is 11.3 Å². The molecule has 0 atom stereocenters. The Hall–Kier alpha value is -1.71. The van der Waals surface area contributed by atoms with Crippen LogP contribution in [0.4, 0.5) is 11.4 Å². The van der Waals surface area contributed by atoms with Gasteiger partial charge in [0.2, 0.25) is 5.91 Å². The van der Waals surface area contributed by atoms with Gasteiger partial charge in [0.05, 0.1) is 17.3 Å². The molecule has 0 radical (unpaired) electrons. The maximum atomic E-state index is 11.9. The molecule has 104 valence electrons. The summed E-state index contributed by atoms with van der Waals surface area (Å²) < 4.78 is 0. The van der Waals surface area contributed by atoms with E-state index in [1.165, 1.54) is 0 Å². The summed E-state index contributed by atoms with van der Waals surface area (Å²) in [5, 5.41) is 6.89. The summed E-state index contributed by atoms with van der Waals surface area (Å²) in [5.74, 6) is -0.143. The lowest BCUT2D eigenvalue weighted by Crippen LogP contribution is -2.22. The first-order valence-electron chi connectivity index (χ1n) is 6.10. The summed E-state index contributed by atoms with van der Waals surface area (Å²) in [6.45, 7) is 2.06. The number of carbonyl (C=O) groups excluding carboxylic acids is 1. The Morgan fingerprint density at radius 1 is 1.10 bits per heavy atom. The van der Waals surface area contributed by atoms with Crippen LogP contribution in [-0.4, -0.2) is 12.5 Å². The third-order valence-corrected chi connectivity index (χ3v) is 3.35. The molecule has 0 bridgehead atoms. The van der Waals surface area contributed by atoms with Gasteiger partial charge >= 0.3 is 0 Å². The number of halogens is 2. The molecule has 0 aliphatic rings. The molecule has 0 spiro atoms. The molecule has 0 heterocycles. The van der Waals surface area contributed by atoms with E-state index in [1.807, 2.05) is 31.2 Å². The molecular weight excluding hydrogens is 295 g/mol. The Labute approximate surface area is 127 Å². The number of para-hydroxylation sites is 1. The Morgan fingerprint density at radius 3 is 2.60 bits per heavy atom. The van der Waals surface area contributed by atoms with Crippen LogP contribution >= 0.6 is 23.2 Å². The van der Waals surface area contributed by atoms with Crippen molar-refractivity contribution in [1.82, 2.24) is 0 Å². The second kappa shape index (κ2) is 6.64. The number of benzene rings is 2. The molecule has 2 aromatic carbocycles. The fraction of sp³-hybridized carbons (Fsp3) is 0.133. The van der Waals surface area contributed by atoms with Gasteiger partial charge < -0.3 is 10.6 Å². The van der Waals surface area contributed by atoms with Gasteiger partial charge in [0, 0.05) is 10.7 Å². The molecule has 20 heavy (non-hydrogen) atoms. The van der Waals surface area contributed by atoms with E-state index in [0.29, 0.717) is 15.7 Å². The summed E-state index contributed by atoms with van der Waals surface area (Å²) in [4.78, 5) is 11.9. The van der Waals surface area contributed by atoms with Crippen LogP contribution < -0.4 is 10.6 Å². The van der Waals surface area contributed by atoms with Gasteiger partial charge in [-0.25, -0.2) is 0 Å². The van der Waals surface area contributed by atoms with Gasteiger partial charge in [0.15, 0.2) is 0 Å². The van der Waals surface area contributed by atoms with Gasteiger partial charge in [0.1, 0.15) is 0 Å². The topological polar surface area (TPSA) is 41.1 Å². The van der Waals surface area contributed by atoms with Gasteiger partial charge in [-0.3, -0.25) is 4.79 Å². The maximum absolute atomic E-state index is 11.9. The van der Waals surface area contributed by atoms with E-state index in [-0.39, 0.29) is 12.5 Å². The first-order valence-corrected chi connectivity index (χ1v) is 6.86. The van der Waals surface area contributed by atoms with E-state index >= 15 is 0 Å². The Morgan fingerprint density at radius 2 is 1.85 bits per heavy atom. The van der Waals surface area contributed by atoms with Gasteiger partial charge in [-0.1, -0.05) is 41.4 Å². The minimum atomic E-state index is -0.143. The standard InChI is InChI=1S/C15H14Cl2N2O/c1-10-4-2-3-5-13(10)19-15(20)9-18-14-8-11(16)6-7-12(14)17/h2-8,18H,9H2,1H3,(H,19,20). The molecule has 0 saturated heterocycles. The van der Waals surface area contributed by atoms with E-state index in [4.69, 9.17) is 23.2 Å². The van der Waals surface area contributed by atoms with Crippen molar-refractivity contribution in [1.29, 1.82) is 0 Å². The van der Waals surface area contributed by atoms with E-state index in [1.54, 1.807) is 18.2 Å². The van der Waals surface area contributed by atoms with Crippen molar-refractivity contribution in [2.24, 2.45) is 0 Å². The van der Waals surface area contributed by atoms with Crippen LogP contribution in [0.2, 0.25) is 10.0 Å². The van der Waals surface area contributed by atoms with Gasteiger partial charge in [-0.15, -0.1) is 0 Å². The Bertz CT molecular complexity index is 629. The van der Waals surface area contributed by atoms with E-state index in [9.17, 15) is 4.79 Å². The van der Waals surface area contributed by atoms with Crippen LogP contribution in [0.1, 0.15) is 5.56 Å². The third kappa shape index (κ3) is 3.89. The lowest BCUT2D eigenvalue weighted by atomic mass is 10.2. The molecule has 3 nitrogen and oxygen atoms in total. The second-order valence-electron chi connectivity index (χ2n) is 4.34. The van der Waals surface area contributed by atoms with Crippen LogP contribution in [0.25, 0.3) is 0 Å².